The smallest absolute Gasteiger partial charge is 0.306 e. The Morgan fingerprint density at radius 1 is 1.64 bits per heavy atom. The van der Waals surface area contributed by atoms with Crippen molar-refractivity contribution in [3.8, 4) is 0 Å². The first kappa shape index (κ1) is 11.5. The van der Waals surface area contributed by atoms with E-state index in [0.29, 0.717) is 12.3 Å². The van der Waals surface area contributed by atoms with E-state index in [9.17, 15) is 4.79 Å². The lowest BCUT2D eigenvalue weighted by molar-refractivity contribution is -0.140. The van der Waals surface area contributed by atoms with Crippen LogP contribution in [0.3, 0.4) is 0 Å². The zero-order valence-electron chi connectivity index (χ0n) is 8.74. The largest absolute Gasteiger partial charge is 0.469 e. The fourth-order valence-corrected chi connectivity index (χ4v) is 1.89. The molecule has 0 aromatic carbocycles. The average molecular weight is 201 g/mol. The summed E-state index contributed by atoms with van der Waals surface area (Å²) in [6.45, 7) is 3.11. The molecule has 1 rings (SSSR count). The van der Waals surface area contributed by atoms with Crippen molar-refractivity contribution in [1.82, 2.24) is 4.90 Å². The zero-order valence-corrected chi connectivity index (χ0v) is 8.74. The van der Waals surface area contributed by atoms with Gasteiger partial charge in [0, 0.05) is 19.7 Å². The Bertz CT molecular complexity index is 184. The van der Waals surface area contributed by atoms with Crippen LogP contribution in [0.2, 0.25) is 0 Å². The lowest BCUT2D eigenvalue weighted by atomic mass is 10.1. The quantitative estimate of drug-likeness (QED) is 0.648. The molecule has 0 aromatic heterocycles. The Kier molecular flexibility index (Phi) is 4.90. The molecule has 1 atom stereocenters. The third-order valence-corrected chi connectivity index (χ3v) is 2.77. The Morgan fingerprint density at radius 2 is 2.43 bits per heavy atom. The molecule has 1 unspecified atom stereocenters. The van der Waals surface area contributed by atoms with Gasteiger partial charge in [-0.1, -0.05) is 0 Å². The molecular weight excluding hydrogens is 182 g/mol. The van der Waals surface area contributed by atoms with Gasteiger partial charge in [0.15, 0.2) is 0 Å². The topological polar surface area (TPSA) is 49.8 Å². The van der Waals surface area contributed by atoms with E-state index < -0.39 is 0 Å². The number of hydrogen-bond acceptors (Lipinski definition) is 4. The molecule has 0 spiro atoms. The van der Waals surface area contributed by atoms with E-state index >= 15 is 0 Å². The first-order valence-electron chi connectivity index (χ1n) is 5.16. The number of aliphatic hydroxyl groups excluding tert-OH is 1. The highest BCUT2D eigenvalue weighted by Gasteiger charge is 2.21. The van der Waals surface area contributed by atoms with Crippen molar-refractivity contribution in [2.75, 3.05) is 33.4 Å². The summed E-state index contributed by atoms with van der Waals surface area (Å²) in [6.07, 6.45) is 2.50. The number of hydrogen-bond donors (Lipinski definition) is 1. The van der Waals surface area contributed by atoms with Crippen LogP contribution >= 0.6 is 0 Å². The molecule has 1 aliphatic heterocycles. The van der Waals surface area contributed by atoms with Gasteiger partial charge in [-0.3, -0.25) is 4.79 Å². The van der Waals surface area contributed by atoms with Crippen LogP contribution in [0.25, 0.3) is 0 Å². The van der Waals surface area contributed by atoms with Gasteiger partial charge in [0.1, 0.15) is 0 Å². The lowest BCUT2D eigenvalue weighted by Crippen LogP contribution is -2.24. The van der Waals surface area contributed by atoms with Gasteiger partial charge in [-0.2, -0.15) is 0 Å². The molecule has 4 heteroatoms. The van der Waals surface area contributed by atoms with Gasteiger partial charge in [-0.15, -0.1) is 0 Å². The van der Waals surface area contributed by atoms with Gasteiger partial charge in [0.25, 0.3) is 0 Å². The third-order valence-electron chi connectivity index (χ3n) is 2.77. The van der Waals surface area contributed by atoms with Gasteiger partial charge in [-0.05, 0) is 25.3 Å². The van der Waals surface area contributed by atoms with Crippen LogP contribution in [0.4, 0.5) is 0 Å². The van der Waals surface area contributed by atoms with Gasteiger partial charge in [-0.25, -0.2) is 0 Å². The summed E-state index contributed by atoms with van der Waals surface area (Å²) in [7, 11) is 1.42. The second-order valence-corrected chi connectivity index (χ2v) is 3.79. The van der Waals surface area contributed by atoms with Gasteiger partial charge in [0.05, 0.1) is 13.5 Å². The summed E-state index contributed by atoms with van der Waals surface area (Å²) in [6, 6.07) is 0. The molecule has 0 radical (unpaired) electrons. The highest BCUT2D eigenvalue weighted by atomic mass is 16.5. The molecule has 0 aliphatic carbocycles. The molecule has 4 nitrogen and oxygen atoms in total. The second kappa shape index (κ2) is 5.98. The van der Waals surface area contributed by atoms with E-state index in [0.717, 1.165) is 32.5 Å². The van der Waals surface area contributed by atoms with E-state index in [4.69, 9.17) is 5.11 Å². The number of ether oxygens (including phenoxy) is 1. The van der Waals surface area contributed by atoms with Crippen molar-refractivity contribution in [1.29, 1.82) is 0 Å². The Morgan fingerprint density at radius 3 is 3.07 bits per heavy atom. The Balaban J connectivity index is 2.13. The molecule has 82 valence electrons. The first-order valence-corrected chi connectivity index (χ1v) is 5.16. The number of aliphatic hydroxyl groups is 1. The molecule has 1 aliphatic rings. The van der Waals surface area contributed by atoms with Crippen molar-refractivity contribution in [2.24, 2.45) is 5.92 Å². The Labute approximate surface area is 84.8 Å². The third kappa shape index (κ3) is 3.64. The van der Waals surface area contributed by atoms with E-state index in [-0.39, 0.29) is 12.6 Å². The molecule has 1 N–H and O–H groups in total. The molecule has 1 heterocycles. The maximum Gasteiger partial charge on any atom is 0.306 e. The van der Waals surface area contributed by atoms with Crippen LogP contribution in [0, 0.1) is 5.92 Å². The SMILES string of the molecule is COC(=O)CCN1CCC(CCO)C1. The van der Waals surface area contributed by atoms with E-state index in [2.05, 4.69) is 9.64 Å². The van der Waals surface area contributed by atoms with E-state index in [1.54, 1.807) is 0 Å². The monoisotopic (exact) mass is 201 g/mol. The van der Waals surface area contributed by atoms with Crippen LogP contribution in [0.1, 0.15) is 19.3 Å². The first-order chi connectivity index (χ1) is 6.76. The minimum Gasteiger partial charge on any atom is -0.469 e. The molecule has 0 saturated carbocycles. The number of nitrogens with zero attached hydrogens (tertiary/aromatic N) is 1. The number of esters is 1. The van der Waals surface area contributed by atoms with Crippen LogP contribution in [-0.2, 0) is 9.53 Å². The maximum absolute atomic E-state index is 10.9. The Hall–Kier alpha value is -0.610. The van der Waals surface area contributed by atoms with Crippen LogP contribution < -0.4 is 0 Å². The molecule has 14 heavy (non-hydrogen) atoms. The molecular formula is C10H19NO3. The molecule has 0 aromatic rings. The number of carbonyl (C=O) groups excluding carboxylic acids is 1. The predicted molar refractivity (Wildman–Crippen MR) is 52.9 cm³/mol. The maximum atomic E-state index is 10.9. The van der Waals surface area contributed by atoms with E-state index in [1.807, 2.05) is 0 Å². The van der Waals surface area contributed by atoms with Crippen molar-refractivity contribution < 1.29 is 14.6 Å². The number of carbonyl (C=O) groups is 1. The van der Waals surface area contributed by atoms with Crippen molar-refractivity contribution in [3.05, 3.63) is 0 Å². The minimum absolute atomic E-state index is 0.143. The number of likely N-dealkylation sites (tertiary alicyclic amines) is 1. The molecule has 0 bridgehead atoms. The lowest BCUT2D eigenvalue weighted by Gasteiger charge is -2.14. The summed E-state index contributed by atoms with van der Waals surface area (Å²) in [4.78, 5) is 13.1. The average Bonchev–Trinajstić information content (AvgIpc) is 2.63. The molecule has 1 fully saturated rings. The molecule has 1 saturated heterocycles. The predicted octanol–water partition coefficient (Wildman–Crippen LogP) is 0.254. The summed E-state index contributed by atoms with van der Waals surface area (Å²) in [5.41, 5.74) is 0. The second-order valence-electron chi connectivity index (χ2n) is 3.79. The van der Waals surface area contributed by atoms with Gasteiger partial charge in [0.2, 0.25) is 0 Å². The summed E-state index contributed by atoms with van der Waals surface area (Å²) in [5, 5.41) is 8.78. The summed E-state index contributed by atoms with van der Waals surface area (Å²) < 4.78 is 4.58. The normalized spacial score (nSPS) is 22.6. The van der Waals surface area contributed by atoms with Crippen LogP contribution in [0.5, 0.6) is 0 Å². The zero-order chi connectivity index (χ0) is 10.4. The fourth-order valence-electron chi connectivity index (χ4n) is 1.89. The van der Waals surface area contributed by atoms with Crippen molar-refractivity contribution in [3.63, 3.8) is 0 Å². The summed E-state index contributed by atoms with van der Waals surface area (Å²) in [5.74, 6) is 0.466. The van der Waals surface area contributed by atoms with Gasteiger partial charge >= 0.3 is 5.97 Å². The van der Waals surface area contributed by atoms with Crippen molar-refractivity contribution >= 4 is 5.97 Å². The molecule has 0 amide bonds. The highest BCUT2D eigenvalue weighted by Crippen LogP contribution is 2.18. The summed E-state index contributed by atoms with van der Waals surface area (Å²) >= 11 is 0. The fraction of sp³-hybridized carbons (Fsp3) is 0.900. The van der Waals surface area contributed by atoms with Crippen molar-refractivity contribution in [2.45, 2.75) is 19.3 Å². The highest BCUT2D eigenvalue weighted by molar-refractivity contribution is 5.69. The minimum atomic E-state index is -0.143. The number of methoxy groups -OCH3 is 1. The van der Waals surface area contributed by atoms with Crippen LogP contribution in [-0.4, -0.2) is 49.3 Å². The van der Waals surface area contributed by atoms with E-state index in [1.165, 1.54) is 7.11 Å². The standard InChI is InChI=1S/C10H19NO3/c1-14-10(13)3-6-11-5-2-9(8-11)4-7-12/h9,12H,2-8H2,1H3. The van der Waals surface area contributed by atoms with Crippen LogP contribution in [0.15, 0.2) is 0 Å². The van der Waals surface area contributed by atoms with Gasteiger partial charge < -0.3 is 14.7 Å². The number of rotatable bonds is 5.